The second kappa shape index (κ2) is 5.84. The van der Waals surface area contributed by atoms with Crippen molar-refractivity contribution >= 4 is 11.6 Å². The second-order valence-electron chi connectivity index (χ2n) is 7.01. The molecule has 0 aliphatic heterocycles. The van der Waals surface area contributed by atoms with Crippen molar-refractivity contribution < 1.29 is 9.84 Å². The predicted molar refractivity (Wildman–Crippen MR) is 92.0 cm³/mol. The predicted octanol–water partition coefficient (Wildman–Crippen LogP) is 4.70. The molecule has 0 fully saturated rings. The molecule has 22 heavy (non-hydrogen) atoms. The summed E-state index contributed by atoms with van der Waals surface area (Å²) in [6.45, 7) is 8.17. The minimum Gasteiger partial charge on any atom is -0.380 e. The Balaban J connectivity index is 2.49. The summed E-state index contributed by atoms with van der Waals surface area (Å²) in [7, 11) is 1.59. The summed E-state index contributed by atoms with van der Waals surface area (Å²) < 4.78 is 5.30. The van der Waals surface area contributed by atoms with E-state index in [2.05, 4.69) is 0 Å². The van der Waals surface area contributed by atoms with Crippen LogP contribution in [0.3, 0.4) is 0 Å². The average molecular weight is 321 g/mol. The van der Waals surface area contributed by atoms with Gasteiger partial charge < -0.3 is 9.84 Å². The zero-order chi connectivity index (χ0) is 16.6. The molecule has 2 nitrogen and oxygen atoms in total. The second-order valence-corrected chi connectivity index (χ2v) is 7.65. The number of rotatable bonds is 3. The molecule has 0 amide bonds. The maximum absolute atomic E-state index is 11.6. The molecular weight excluding hydrogens is 296 g/mol. The molecule has 1 aliphatic carbocycles. The summed E-state index contributed by atoms with van der Waals surface area (Å²) in [5.41, 5.74) is 1.48. The highest BCUT2D eigenvalue weighted by molar-refractivity contribution is 6.24. The number of aryl methyl sites for hydroxylation is 1. The molecule has 120 valence electrons. The van der Waals surface area contributed by atoms with Crippen molar-refractivity contribution in [1.29, 1.82) is 0 Å². The lowest BCUT2D eigenvalue weighted by Gasteiger charge is -2.43. The fourth-order valence-electron chi connectivity index (χ4n) is 2.85. The number of halogens is 1. The monoisotopic (exact) mass is 320 g/mol. The maximum Gasteiger partial charge on any atom is 0.163 e. The van der Waals surface area contributed by atoms with Crippen molar-refractivity contribution in [2.75, 3.05) is 7.11 Å². The number of aliphatic hydroxyl groups is 1. The van der Waals surface area contributed by atoms with Crippen LogP contribution in [0.15, 0.2) is 48.1 Å². The molecule has 2 rings (SSSR count). The van der Waals surface area contributed by atoms with Crippen LogP contribution >= 0.6 is 11.6 Å². The van der Waals surface area contributed by atoms with E-state index in [4.69, 9.17) is 16.3 Å². The molecule has 2 unspecified atom stereocenters. The molecule has 0 heterocycles. The number of benzene rings is 1. The van der Waals surface area contributed by atoms with Gasteiger partial charge in [-0.3, -0.25) is 0 Å². The van der Waals surface area contributed by atoms with Gasteiger partial charge in [-0.15, -0.1) is 0 Å². The summed E-state index contributed by atoms with van der Waals surface area (Å²) in [5.74, 6) is 0. The van der Waals surface area contributed by atoms with Gasteiger partial charge in [-0.25, -0.2) is 0 Å². The largest absolute Gasteiger partial charge is 0.380 e. The third-order valence-electron chi connectivity index (χ3n) is 4.42. The van der Waals surface area contributed by atoms with Crippen LogP contribution in [-0.4, -0.2) is 17.3 Å². The molecule has 0 bridgehead atoms. The lowest BCUT2D eigenvalue weighted by atomic mass is 9.67. The van der Waals surface area contributed by atoms with Crippen LogP contribution < -0.4 is 0 Å². The maximum atomic E-state index is 11.6. The fraction of sp³-hybridized carbons (Fsp3) is 0.474. The summed E-state index contributed by atoms with van der Waals surface area (Å²) in [6, 6.07) is 8.04. The zero-order valence-electron chi connectivity index (χ0n) is 14.0. The van der Waals surface area contributed by atoms with Gasteiger partial charge in [0.25, 0.3) is 0 Å². The van der Waals surface area contributed by atoms with Crippen LogP contribution in [-0.2, 0) is 10.3 Å². The third-order valence-corrected chi connectivity index (χ3v) is 4.86. The van der Waals surface area contributed by atoms with Gasteiger partial charge in [0.15, 0.2) is 5.06 Å². The molecule has 0 radical (unpaired) electrons. The Labute approximate surface area is 138 Å². The first-order valence-electron chi connectivity index (χ1n) is 7.56. The molecule has 0 aromatic heterocycles. The summed E-state index contributed by atoms with van der Waals surface area (Å²) in [5, 5.41) is 10.8. The van der Waals surface area contributed by atoms with Gasteiger partial charge in [-0.05, 0) is 29.6 Å². The fourth-order valence-corrected chi connectivity index (χ4v) is 2.99. The van der Waals surface area contributed by atoms with E-state index in [-0.39, 0.29) is 5.41 Å². The first-order valence-corrected chi connectivity index (χ1v) is 7.94. The molecule has 2 atom stereocenters. The van der Waals surface area contributed by atoms with Crippen molar-refractivity contribution in [1.82, 2.24) is 0 Å². The molecule has 0 saturated heterocycles. The lowest BCUT2D eigenvalue weighted by molar-refractivity contribution is -0.0279. The van der Waals surface area contributed by atoms with E-state index in [1.807, 2.05) is 70.2 Å². The highest BCUT2D eigenvalue weighted by Gasteiger charge is 2.45. The van der Waals surface area contributed by atoms with Gasteiger partial charge in [0.05, 0.1) is 0 Å². The van der Waals surface area contributed by atoms with E-state index >= 15 is 0 Å². The molecule has 3 heteroatoms. The number of hydrogen-bond donors (Lipinski definition) is 1. The Morgan fingerprint density at radius 2 is 1.77 bits per heavy atom. The first-order chi connectivity index (χ1) is 10.1. The van der Waals surface area contributed by atoms with Crippen LogP contribution in [0.1, 0.15) is 38.3 Å². The molecular formula is C19H25ClO2. The minimum atomic E-state index is -1.08. The van der Waals surface area contributed by atoms with Crippen molar-refractivity contribution in [2.24, 2.45) is 5.41 Å². The Morgan fingerprint density at radius 3 is 2.18 bits per heavy atom. The van der Waals surface area contributed by atoms with Crippen molar-refractivity contribution in [3.8, 4) is 0 Å². The normalized spacial score (nSPS) is 24.8. The Kier molecular flexibility index (Phi) is 4.59. The summed E-state index contributed by atoms with van der Waals surface area (Å²) >= 11 is 6.32. The van der Waals surface area contributed by atoms with Gasteiger partial charge in [-0.1, -0.05) is 74.4 Å². The Morgan fingerprint density at radius 1 is 1.18 bits per heavy atom. The van der Waals surface area contributed by atoms with Crippen molar-refractivity contribution in [3.05, 3.63) is 59.2 Å². The van der Waals surface area contributed by atoms with Gasteiger partial charge in [0.2, 0.25) is 0 Å². The SMILES string of the molecule is COC1(Cl)C=CC(C(O)(c2ccc(C)cc2)C(C)(C)C)=CC1. The molecule has 0 saturated carbocycles. The van der Waals surface area contributed by atoms with Crippen LogP contribution in [0, 0.1) is 12.3 Å². The summed E-state index contributed by atoms with van der Waals surface area (Å²) in [6.07, 6.45) is 6.20. The highest BCUT2D eigenvalue weighted by atomic mass is 35.5. The highest BCUT2D eigenvalue weighted by Crippen LogP contribution is 2.47. The van der Waals surface area contributed by atoms with Gasteiger partial charge in [0.1, 0.15) is 5.60 Å². The average Bonchev–Trinajstić information content (AvgIpc) is 2.47. The van der Waals surface area contributed by atoms with Crippen LogP contribution in [0.4, 0.5) is 0 Å². The van der Waals surface area contributed by atoms with Gasteiger partial charge >= 0.3 is 0 Å². The number of methoxy groups -OCH3 is 1. The van der Waals surface area contributed by atoms with E-state index in [0.717, 1.165) is 11.1 Å². The lowest BCUT2D eigenvalue weighted by Crippen LogP contribution is -2.42. The standard InChI is InChI=1S/C19H25ClO2/c1-14-6-8-15(9-7-14)19(21,17(2,3)4)16-10-12-18(20,22-5)13-11-16/h6-12,21H,13H2,1-5H3. The quantitative estimate of drug-likeness (QED) is 0.818. The Hall–Kier alpha value is -1.09. The smallest absolute Gasteiger partial charge is 0.163 e. The molecule has 1 aromatic rings. The van der Waals surface area contributed by atoms with Crippen LogP contribution in [0.25, 0.3) is 0 Å². The topological polar surface area (TPSA) is 29.5 Å². The zero-order valence-corrected chi connectivity index (χ0v) is 14.7. The Bertz CT molecular complexity index is 595. The summed E-state index contributed by atoms with van der Waals surface area (Å²) in [4.78, 5) is 0. The van der Waals surface area contributed by atoms with E-state index in [9.17, 15) is 5.11 Å². The van der Waals surface area contributed by atoms with E-state index < -0.39 is 10.7 Å². The van der Waals surface area contributed by atoms with Crippen LogP contribution in [0.2, 0.25) is 0 Å². The van der Waals surface area contributed by atoms with Crippen LogP contribution in [0.5, 0.6) is 0 Å². The minimum absolute atomic E-state index is 0.363. The van der Waals surface area contributed by atoms with Crippen molar-refractivity contribution in [2.45, 2.75) is 44.8 Å². The van der Waals surface area contributed by atoms with Gasteiger partial charge in [0, 0.05) is 13.5 Å². The third kappa shape index (κ3) is 3.01. The number of hydrogen-bond acceptors (Lipinski definition) is 2. The number of alkyl halides is 1. The molecule has 0 spiro atoms. The van der Waals surface area contributed by atoms with E-state index in [1.165, 1.54) is 5.56 Å². The molecule has 1 aliphatic rings. The van der Waals surface area contributed by atoms with Gasteiger partial charge in [-0.2, -0.15) is 0 Å². The van der Waals surface area contributed by atoms with E-state index in [1.54, 1.807) is 7.11 Å². The van der Waals surface area contributed by atoms with E-state index in [0.29, 0.717) is 6.42 Å². The number of ether oxygens (including phenoxy) is 1. The molecule has 1 N–H and O–H groups in total. The van der Waals surface area contributed by atoms with Crippen molar-refractivity contribution in [3.63, 3.8) is 0 Å². The first kappa shape index (κ1) is 17.3. The molecule has 1 aromatic carbocycles.